The van der Waals surface area contributed by atoms with E-state index in [1.807, 2.05) is 0 Å². The average molecular weight is 256 g/mol. The van der Waals surface area contributed by atoms with Crippen molar-refractivity contribution in [2.45, 2.75) is 5.92 Å². The Morgan fingerprint density at radius 2 is 1.89 bits per heavy atom. The molecule has 0 spiro atoms. The Balaban J connectivity index is 2.37. The number of carbonyl (C=O) groups is 1. The second-order valence-corrected chi connectivity index (χ2v) is 3.88. The smallest absolute Gasteiger partial charge is 0.280 e. The van der Waals surface area contributed by atoms with Crippen LogP contribution in [0.2, 0.25) is 0 Å². The number of hydrogen-bond acceptors (Lipinski definition) is 1. The summed E-state index contributed by atoms with van der Waals surface area (Å²) in [6, 6.07) is 2.22. The first-order valence-electron chi connectivity index (χ1n) is 5.15. The molecule has 2 rings (SSSR count). The zero-order valence-corrected chi connectivity index (χ0v) is 9.04. The van der Waals surface area contributed by atoms with Crippen LogP contribution in [0.5, 0.6) is 0 Å². The van der Waals surface area contributed by atoms with Gasteiger partial charge in [0.1, 0.15) is 17.6 Å². The van der Waals surface area contributed by atoms with Gasteiger partial charge in [-0.1, -0.05) is 18.2 Å². The van der Waals surface area contributed by atoms with Gasteiger partial charge in [-0.25, -0.2) is 17.6 Å². The van der Waals surface area contributed by atoms with Crippen molar-refractivity contribution < 1.29 is 22.4 Å². The molecule has 1 nitrogen and oxygen atoms in total. The molecule has 1 aliphatic rings. The van der Waals surface area contributed by atoms with Gasteiger partial charge in [-0.2, -0.15) is 0 Å². The first kappa shape index (κ1) is 12.5. The third-order valence-electron chi connectivity index (χ3n) is 2.63. The largest absolute Gasteiger partial charge is 0.293 e. The molecule has 0 N–H and O–H groups in total. The molecule has 0 aliphatic heterocycles. The highest BCUT2D eigenvalue weighted by molar-refractivity contribution is 6.00. The minimum Gasteiger partial charge on any atom is -0.293 e. The Kier molecular flexibility index (Phi) is 3.07. The summed E-state index contributed by atoms with van der Waals surface area (Å²) >= 11 is 0. The van der Waals surface area contributed by atoms with E-state index in [4.69, 9.17) is 0 Å². The lowest BCUT2D eigenvalue weighted by Gasteiger charge is -2.22. The van der Waals surface area contributed by atoms with Gasteiger partial charge in [-0.15, -0.1) is 0 Å². The summed E-state index contributed by atoms with van der Waals surface area (Å²) in [6.45, 7) is 0. The molecule has 1 atom stereocenters. The first-order valence-corrected chi connectivity index (χ1v) is 5.15. The lowest BCUT2D eigenvalue weighted by Crippen LogP contribution is -2.33. The third kappa shape index (κ3) is 2.20. The predicted molar refractivity (Wildman–Crippen MR) is 57.4 cm³/mol. The number of carbonyl (C=O) groups excluding carboxylic acids is 1. The van der Waals surface area contributed by atoms with E-state index in [-0.39, 0.29) is 0 Å². The number of Topliss-reactive ketones (excluding diaryl/α,β-unsaturated/α-hetero) is 1. The van der Waals surface area contributed by atoms with Crippen LogP contribution < -0.4 is 0 Å². The van der Waals surface area contributed by atoms with E-state index < -0.39 is 34.8 Å². The quantitative estimate of drug-likeness (QED) is 0.584. The van der Waals surface area contributed by atoms with E-state index in [1.165, 1.54) is 6.08 Å². The molecule has 0 bridgehead atoms. The molecular weight excluding hydrogens is 248 g/mol. The molecule has 0 amide bonds. The fraction of sp³-hybridized carbons (Fsp3) is 0.154. The Labute approximate surface area is 100 Å². The highest BCUT2D eigenvalue weighted by Crippen LogP contribution is 2.33. The summed E-state index contributed by atoms with van der Waals surface area (Å²) in [7, 11) is 0. The van der Waals surface area contributed by atoms with Crippen molar-refractivity contribution in [1.29, 1.82) is 0 Å². The van der Waals surface area contributed by atoms with E-state index in [0.717, 1.165) is 24.3 Å². The topological polar surface area (TPSA) is 17.1 Å². The number of halogens is 4. The van der Waals surface area contributed by atoms with Gasteiger partial charge in [0.2, 0.25) is 0 Å². The Morgan fingerprint density at radius 1 is 1.17 bits per heavy atom. The van der Waals surface area contributed by atoms with E-state index in [2.05, 4.69) is 0 Å². The van der Waals surface area contributed by atoms with E-state index in [9.17, 15) is 22.4 Å². The number of allylic oxidation sites excluding steroid dienone is 4. The number of rotatable bonds is 2. The lowest BCUT2D eigenvalue weighted by atomic mass is 9.88. The molecule has 1 aromatic rings. The van der Waals surface area contributed by atoms with Crippen LogP contribution in [0.15, 0.2) is 42.5 Å². The lowest BCUT2D eigenvalue weighted by molar-refractivity contribution is 0.0128. The summed E-state index contributed by atoms with van der Waals surface area (Å²) < 4.78 is 53.0. The van der Waals surface area contributed by atoms with Crippen molar-refractivity contribution in [3.8, 4) is 0 Å². The van der Waals surface area contributed by atoms with Crippen molar-refractivity contribution in [2.24, 2.45) is 5.92 Å². The summed E-state index contributed by atoms with van der Waals surface area (Å²) in [4.78, 5) is 11.8. The molecule has 0 heterocycles. The van der Waals surface area contributed by atoms with Crippen molar-refractivity contribution in [3.63, 3.8) is 0 Å². The van der Waals surface area contributed by atoms with Gasteiger partial charge in [-0.05, 0) is 18.2 Å². The van der Waals surface area contributed by atoms with Gasteiger partial charge in [0.25, 0.3) is 5.92 Å². The van der Waals surface area contributed by atoms with Crippen molar-refractivity contribution in [3.05, 3.63) is 59.7 Å². The summed E-state index contributed by atoms with van der Waals surface area (Å²) in [5.41, 5.74) is -0.541. The second-order valence-electron chi connectivity index (χ2n) is 3.88. The fourth-order valence-electron chi connectivity index (χ4n) is 1.71. The molecule has 5 heteroatoms. The van der Waals surface area contributed by atoms with Gasteiger partial charge >= 0.3 is 0 Å². The van der Waals surface area contributed by atoms with Crippen LogP contribution in [0.3, 0.4) is 0 Å². The average Bonchev–Trinajstić information content (AvgIpc) is 2.27. The molecule has 1 aliphatic carbocycles. The Bertz CT molecular complexity index is 546. The molecule has 18 heavy (non-hydrogen) atoms. The van der Waals surface area contributed by atoms with Gasteiger partial charge in [0.15, 0.2) is 5.78 Å². The molecule has 0 saturated heterocycles. The second kappa shape index (κ2) is 4.40. The number of hydrogen-bond donors (Lipinski definition) is 0. The molecule has 0 fully saturated rings. The molecule has 0 saturated carbocycles. The summed E-state index contributed by atoms with van der Waals surface area (Å²) in [6.07, 6.45) is 3.99. The Hall–Kier alpha value is -1.91. The van der Waals surface area contributed by atoms with Crippen LogP contribution in [0.1, 0.15) is 10.4 Å². The minimum absolute atomic E-state index is 0.494. The first-order chi connectivity index (χ1) is 8.42. The van der Waals surface area contributed by atoms with E-state index in [0.29, 0.717) is 12.1 Å². The van der Waals surface area contributed by atoms with Crippen LogP contribution in [-0.2, 0) is 0 Å². The summed E-state index contributed by atoms with van der Waals surface area (Å²) in [5, 5.41) is 0. The molecule has 94 valence electrons. The van der Waals surface area contributed by atoms with Crippen LogP contribution in [0, 0.1) is 17.6 Å². The third-order valence-corrected chi connectivity index (χ3v) is 2.63. The van der Waals surface area contributed by atoms with Gasteiger partial charge in [-0.3, -0.25) is 4.79 Å². The zero-order valence-electron chi connectivity index (χ0n) is 9.04. The Morgan fingerprint density at radius 3 is 2.50 bits per heavy atom. The standard InChI is InChI=1S/C13H8F4O/c14-8-4-5-9(11(15)7-8)12(18)10-3-1-2-6-13(10,16)17/h1-7,10H. The van der Waals surface area contributed by atoms with Crippen molar-refractivity contribution in [2.75, 3.05) is 0 Å². The number of alkyl halides is 2. The van der Waals surface area contributed by atoms with Crippen LogP contribution in [-0.4, -0.2) is 11.7 Å². The van der Waals surface area contributed by atoms with Crippen molar-refractivity contribution >= 4 is 5.78 Å². The maximum atomic E-state index is 13.5. The van der Waals surface area contributed by atoms with E-state index >= 15 is 0 Å². The van der Waals surface area contributed by atoms with E-state index in [1.54, 1.807) is 0 Å². The highest BCUT2D eigenvalue weighted by Gasteiger charge is 2.42. The maximum Gasteiger partial charge on any atom is 0.280 e. The maximum absolute atomic E-state index is 13.5. The van der Waals surface area contributed by atoms with Crippen LogP contribution in [0.4, 0.5) is 17.6 Å². The molecule has 0 aromatic heterocycles. The monoisotopic (exact) mass is 256 g/mol. The fourth-order valence-corrected chi connectivity index (χ4v) is 1.71. The molecule has 1 aromatic carbocycles. The van der Waals surface area contributed by atoms with Gasteiger partial charge in [0, 0.05) is 6.07 Å². The molecule has 0 radical (unpaired) electrons. The van der Waals surface area contributed by atoms with Gasteiger partial charge in [0.05, 0.1) is 5.56 Å². The SMILES string of the molecule is O=C(c1ccc(F)cc1F)C1C=CC=CC1(F)F. The number of benzene rings is 1. The molecular formula is C13H8F4O. The van der Waals surface area contributed by atoms with Gasteiger partial charge < -0.3 is 0 Å². The highest BCUT2D eigenvalue weighted by atomic mass is 19.3. The zero-order chi connectivity index (χ0) is 13.3. The predicted octanol–water partition coefficient (Wildman–Crippen LogP) is 3.53. The van der Waals surface area contributed by atoms with Crippen LogP contribution in [0.25, 0.3) is 0 Å². The summed E-state index contributed by atoms with van der Waals surface area (Å²) in [5.74, 6) is -8.21. The normalized spacial score (nSPS) is 21.0. The van der Waals surface area contributed by atoms with Crippen molar-refractivity contribution in [1.82, 2.24) is 0 Å². The number of ketones is 1. The molecule has 1 unspecified atom stereocenters. The van der Waals surface area contributed by atoms with Crippen LogP contribution >= 0.6 is 0 Å². The minimum atomic E-state index is -3.37.